The molecule has 0 heterocycles. The van der Waals surface area contributed by atoms with Crippen LogP contribution in [0.2, 0.25) is 0 Å². The summed E-state index contributed by atoms with van der Waals surface area (Å²) < 4.78 is 5.30. The summed E-state index contributed by atoms with van der Waals surface area (Å²) >= 11 is 0. The van der Waals surface area contributed by atoms with E-state index in [1.54, 1.807) is 7.11 Å². The van der Waals surface area contributed by atoms with Crippen molar-refractivity contribution < 1.29 is 4.74 Å². The molecule has 0 aliphatic rings. The van der Waals surface area contributed by atoms with Gasteiger partial charge < -0.3 is 9.64 Å². The highest BCUT2D eigenvalue weighted by Crippen LogP contribution is 2.21. The van der Waals surface area contributed by atoms with E-state index in [9.17, 15) is 0 Å². The second-order valence-electron chi connectivity index (χ2n) is 7.22. The third-order valence-electron chi connectivity index (χ3n) is 5.00. The molecule has 0 saturated heterocycles. The highest BCUT2D eigenvalue weighted by Gasteiger charge is 2.06. The molecule has 0 atom stereocenters. The first-order chi connectivity index (χ1) is 12.3. The van der Waals surface area contributed by atoms with Crippen LogP contribution >= 0.6 is 0 Å². The first-order valence-electron chi connectivity index (χ1n) is 10.7. The van der Waals surface area contributed by atoms with Gasteiger partial charge in [-0.05, 0) is 37.1 Å². The van der Waals surface area contributed by atoms with E-state index in [4.69, 9.17) is 4.74 Å². The number of ether oxygens (including phenoxy) is 1. The predicted molar refractivity (Wildman–Crippen MR) is 112 cm³/mol. The number of methoxy groups -OCH3 is 1. The Labute approximate surface area is 157 Å². The third kappa shape index (κ3) is 10.4. The van der Waals surface area contributed by atoms with Crippen molar-refractivity contribution in [3.8, 4) is 5.75 Å². The summed E-state index contributed by atoms with van der Waals surface area (Å²) in [5.41, 5.74) is 1.35. The van der Waals surface area contributed by atoms with Gasteiger partial charge in [0.1, 0.15) is 5.75 Å². The minimum absolute atomic E-state index is 0.947. The summed E-state index contributed by atoms with van der Waals surface area (Å²) in [4.78, 5) is 2.58. The topological polar surface area (TPSA) is 12.5 Å². The van der Waals surface area contributed by atoms with Gasteiger partial charge in [0.15, 0.2) is 0 Å². The van der Waals surface area contributed by atoms with Crippen LogP contribution in [0.25, 0.3) is 0 Å². The van der Waals surface area contributed by atoms with Gasteiger partial charge in [0.2, 0.25) is 0 Å². The van der Waals surface area contributed by atoms with Crippen molar-refractivity contribution in [2.45, 2.75) is 90.9 Å². The minimum atomic E-state index is 0.947. The van der Waals surface area contributed by atoms with Gasteiger partial charge in [-0.15, -0.1) is 0 Å². The molecular formula is C23H41NO. The molecule has 0 bridgehead atoms. The van der Waals surface area contributed by atoms with E-state index in [1.807, 2.05) is 0 Å². The van der Waals surface area contributed by atoms with Crippen LogP contribution in [0.1, 0.15) is 90.9 Å². The zero-order chi connectivity index (χ0) is 18.2. The van der Waals surface area contributed by atoms with Gasteiger partial charge in [-0.3, -0.25) is 0 Å². The molecule has 1 aromatic carbocycles. The lowest BCUT2D eigenvalue weighted by atomic mass is 10.1. The molecule has 2 nitrogen and oxygen atoms in total. The third-order valence-corrected chi connectivity index (χ3v) is 5.00. The molecule has 1 rings (SSSR count). The minimum Gasteiger partial charge on any atom is -0.497 e. The maximum absolute atomic E-state index is 5.30. The van der Waals surface area contributed by atoms with Crippen LogP contribution < -0.4 is 9.64 Å². The van der Waals surface area contributed by atoms with Crippen molar-refractivity contribution in [1.29, 1.82) is 0 Å². The van der Waals surface area contributed by atoms with Crippen molar-refractivity contribution >= 4 is 5.69 Å². The zero-order valence-corrected chi connectivity index (χ0v) is 17.1. The Hall–Kier alpha value is -1.18. The standard InChI is InChI=1S/C23H41NO/c1-4-6-8-10-12-14-20-24(21-15-13-11-9-7-5-2)22-16-18-23(25-3)19-17-22/h16-19H,4-15,20-21H2,1-3H3. The largest absolute Gasteiger partial charge is 0.497 e. The van der Waals surface area contributed by atoms with Crippen molar-refractivity contribution in [3.05, 3.63) is 24.3 Å². The number of rotatable bonds is 16. The lowest BCUT2D eigenvalue weighted by molar-refractivity contribution is 0.415. The number of nitrogens with zero attached hydrogens (tertiary/aromatic N) is 1. The Kier molecular flexibility index (Phi) is 13.2. The summed E-state index contributed by atoms with van der Waals surface area (Å²) in [6.07, 6.45) is 16.4. The molecule has 0 unspecified atom stereocenters. The molecule has 0 aliphatic heterocycles. The maximum atomic E-state index is 5.30. The number of unbranched alkanes of at least 4 members (excludes halogenated alkanes) is 10. The molecule has 0 N–H and O–H groups in total. The van der Waals surface area contributed by atoms with E-state index < -0.39 is 0 Å². The Balaban J connectivity index is 2.39. The highest BCUT2D eigenvalue weighted by atomic mass is 16.5. The number of hydrogen-bond acceptors (Lipinski definition) is 2. The fourth-order valence-corrected chi connectivity index (χ4v) is 3.33. The lowest BCUT2D eigenvalue weighted by Crippen LogP contribution is -2.25. The van der Waals surface area contributed by atoms with Crippen molar-refractivity contribution in [2.75, 3.05) is 25.1 Å². The Morgan fingerprint density at radius 1 is 0.640 bits per heavy atom. The molecule has 144 valence electrons. The number of benzene rings is 1. The Morgan fingerprint density at radius 3 is 1.52 bits per heavy atom. The Morgan fingerprint density at radius 2 is 1.08 bits per heavy atom. The van der Waals surface area contributed by atoms with Gasteiger partial charge in [-0.1, -0.05) is 78.1 Å². The predicted octanol–water partition coefficient (Wildman–Crippen LogP) is 7.22. The van der Waals surface area contributed by atoms with Crippen LogP contribution in [-0.4, -0.2) is 20.2 Å². The summed E-state index contributed by atoms with van der Waals surface area (Å²) in [5, 5.41) is 0. The van der Waals surface area contributed by atoms with Gasteiger partial charge >= 0.3 is 0 Å². The molecule has 0 aromatic heterocycles. The van der Waals surface area contributed by atoms with Gasteiger partial charge in [0.05, 0.1) is 7.11 Å². The first kappa shape index (κ1) is 21.9. The van der Waals surface area contributed by atoms with Gasteiger partial charge in [-0.2, -0.15) is 0 Å². The summed E-state index contributed by atoms with van der Waals surface area (Å²) in [5.74, 6) is 0.947. The first-order valence-corrected chi connectivity index (χ1v) is 10.7. The summed E-state index contributed by atoms with van der Waals surface area (Å²) in [7, 11) is 1.74. The second kappa shape index (κ2) is 15.1. The lowest BCUT2D eigenvalue weighted by Gasteiger charge is -2.25. The summed E-state index contributed by atoms with van der Waals surface area (Å²) in [6, 6.07) is 8.61. The quantitative estimate of drug-likeness (QED) is 0.293. The average Bonchev–Trinajstić information content (AvgIpc) is 2.65. The van der Waals surface area contributed by atoms with Crippen molar-refractivity contribution in [1.82, 2.24) is 0 Å². The van der Waals surface area contributed by atoms with Crippen LogP contribution in [0.5, 0.6) is 5.75 Å². The fraction of sp³-hybridized carbons (Fsp3) is 0.739. The smallest absolute Gasteiger partial charge is 0.119 e. The van der Waals surface area contributed by atoms with Gasteiger partial charge in [0, 0.05) is 18.8 Å². The van der Waals surface area contributed by atoms with E-state index in [2.05, 4.69) is 43.0 Å². The molecule has 0 fully saturated rings. The van der Waals surface area contributed by atoms with E-state index in [0.29, 0.717) is 0 Å². The SMILES string of the molecule is CCCCCCCCN(CCCCCCCC)c1ccc(OC)cc1. The molecule has 0 spiro atoms. The van der Waals surface area contributed by atoms with Crippen LogP contribution in [0.4, 0.5) is 5.69 Å². The van der Waals surface area contributed by atoms with Crippen molar-refractivity contribution in [2.24, 2.45) is 0 Å². The molecule has 0 saturated carbocycles. The molecule has 0 aliphatic carbocycles. The number of anilines is 1. The molecule has 2 heteroatoms. The Bertz CT molecular complexity index is 385. The molecule has 0 amide bonds. The summed E-state index contributed by atoms with van der Waals surface area (Å²) in [6.45, 7) is 6.94. The van der Waals surface area contributed by atoms with Crippen LogP contribution in [0, 0.1) is 0 Å². The van der Waals surface area contributed by atoms with Crippen LogP contribution in [0.3, 0.4) is 0 Å². The zero-order valence-electron chi connectivity index (χ0n) is 17.1. The highest BCUT2D eigenvalue weighted by molar-refractivity contribution is 5.49. The van der Waals surface area contributed by atoms with Crippen molar-refractivity contribution in [3.63, 3.8) is 0 Å². The second-order valence-corrected chi connectivity index (χ2v) is 7.22. The molecule has 0 radical (unpaired) electrons. The van der Waals surface area contributed by atoms with Crippen LogP contribution in [-0.2, 0) is 0 Å². The van der Waals surface area contributed by atoms with Gasteiger partial charge in [-0.25, -0.2) is 0 Å². The van der Waals surface area contributed by atoms with Gasteiger partial charge in [0.25, 0.3) is 0 Å². The molecule has 25 heavy (non-hydrogen) atoms. The maximum Gasteiger partial charge on any atom is 0.119 e. The fourth-order valence-electron chi connectivity index (χ4n) is 3.33. The molecule has 1 aromatic rings. The normalized spacial score (nSPS) is 10.8. The van der Waals surface area contributed by atoms with E-state index in [-0.39, 0.29) is 0 Å². The monoisotopic (exact) mass is 347 g/mol. The van der Waals surface area contributed by atoms with E-state index in [0.717, 1.165) is 5.75 Å². The number of hydrogen-bond donors (Lipinski definition) is 0. The molecular weight excluding hydrogens is 306 g/mol. The van der Waals surface area contributed by atoms with E-state index >= 15 is 0 Å². The van der Waals surface area contributed by atoms with E-state index in [1.165, 1.54) is 95.8 Å². The van der Waals surface area contributed by atoms with Crippen LogP contribution in [0.15, 0.2) is 24.3 Å². The average molecular weight is 348 g/mol.